The fraction of sp³-hybridized carbons (Fsp3) is 1.00. The molecular formula is C5H12ClNO2. The van der Waals surface area contributed by atoms with Gasteiger partial charge in [-0.2, -0.15) is 0 Å². The molecule has 0 saturated carbocycles. The highest BCUT2D eigenvalue weighted by atomic mass is 35.5. The number of rotatable bonds is 0. The molecule has 9 heavy (non-hydrogen) atoms. The van der Waals surface area contributed by atoms with E-state index in [0.29, 0.717) is 13.0 Å². The second-order valence-electron chi connectivity index (χ2n) is 2.13. The van der Waals surface area contributed by atoms with Crippen molar-refractivity contribution in [3.8, 4) is 0 Å². The topological polar surface area (TPSA) is 52.5 Å². The van der Waals surface area contributed by atoms with Gasteiger partial charge in [-0.1, -0.05) is 0 Å². The molecule has 0 aromatic carbocycles. The highest BCUT2D eigenvalue weighted by Gasteiger charge is 2.18. The number of β-amino-alcohol motifs (C(OH)–C–C–N with tert-alkyl or cyclic N) is 1. The van der Waals surface area contributed by atoms with Gasteiger partial charge in [0.15, 0.2) is 0 Å². The zero-order chi connectivity index (χ0) is 5.98. The molecule has 1 rings (SSSR count). The summed E-state index contributed by atoms with van der Waals surface area (Å²) in [5.74, 6) is 0. The summed E-state index contributed by atoms with van der Waals surface area (Å²) in [6.07, 6.45) is -0.388. The second-order valence-corrected chi connectivity index (χ2v) is 2.13. The summed E-state index contributed by atoms with van der Waals surface area (Å²) in [6, 6.07) is 0. The van der Waals surface area contributed by atoms with E-state index in [0.717, 1.165) is 6.54 Å². The monoisotopic (exact) mass is 153 g/mol. The van der Waals surface area contributed by atoms with Crippen LogP contribution in [0.3, 0.4) is 0 Å². The van der Waals surface area contributed by atoms with Gasteiger partial charge < -0.3 is 15.5 Å². The van der Waals surface area contributed by atoms with Gasteiger partial charge in [-0.15, -0.1) is 12.4 Å². The number of halogens is 1. The zero-order valence-corrected chi connectivity index (χ0v) is 5.90. The van der Waals surface area contributed by atoms with Gasteiger partial charge in [-0.25, -0.2) is 0 Å². The van der Waals surface area contributed by atoms with Crippen molar-refractivity contribution >= 4 is 12.4 Å². The SMILES string of the molecule is Cl.OC1CCNCC1O. The Balaban J connectivity index is 0.000000640. The summed E-state index contributed by atoms with van der Waals surface area (Å²) in [5, 5.41) is 20.7. The largest absolute Gasteiger partial charge is 0.390 e. The van der Waals surface area contributed by atoms with Crippen molar-refractivity contribution in [2.45, 2.75) is 18.6 Å². The Labute approximate surface area is 60.5 Å². The molecule has 0 aromatic heterocycles. The lowest BCUT2D eigenvalue weighted by Gasteiger charge is -2.23. The van der Waals surface area contributed by atoms with E-state index in [1.54, 1.807) is 0 Å². The quantitative estimate of drug-likeness (QED) is 0.424. The average molecular weight is 154 g/mol. The van der Waals surface area contributed by atoms with Crippen molar-refractivity contribution in [3.05, 3.63) is 0 Å². The first-order valence-corrected chi connectivity index (χ1v) is 2.87. The van der Waals surface area contributed by atoms with Crippen LogP contribution >= 0.6 is 12.4 Å². The Kier molecular flexibility index (Phi) is 4.14. The maximum atomic E-state index is 8.89. The van der Waals surface area contributed by atoms with Gasteiger partial charge in [0.1, 0.15) is 0 Å². The third kappa shape index (κ3) is 2.49. The molecule has 2 atom stereocenters. The number of hydrogen-bond donors (Lipinski definition) is 3. The molecule has 0 amide bonds. The van der Waals surface area contributed by atoms with Gasteiger partial charge >= 0.3 is 0 Å². The van der Waals surface area contributed by atoms with E-state index in [-0.39, 0.29) is 12.4 Å². The third-order valence-electron chi connectivity index (χ3n) is 1.41. The Morgan fingerprint density at radius 1 is 1.22 bits per heavy atom. The predicted octanol–water partition coefficient (Wildman–Crippen LogP) is -0.877. The fourth-order valence-electron chi connectivity index (χ4n) is 0.828. The third-order valence-corrected chi connectivity index (χ3v) is 1.41. The molecule has 3 nitrogen and oxygen atoms in total. The molecule has 0 spiro atoms. The maximum absolute atomic E-state index is 8.89. The Morgan fingerprint density at radius 3 is 2.22 bits per heavy atom. The Morgan fingerprint density at radius 2 is 1.89 bits per heavy atom. The van der Waals surface area contributed by atoms with Crippen LogP contribution < -0.4 is 5.32 Å². The molecule has 1 saturated heterocycles. The zero-order valence-electron chi connectivity index (χ0n) is 5.08. The van der Waals surface area contributed by atoms with Gasteiger partial charge in [0.2, 0.25) is 0 Å². The van der Waals surface area contributed by atoms with Crippen LogP contribution in [0.15, 0.2) is 0 Å². The van der Waals surface area contributed by atoms with Crippen LogP contribution in [-0.4, -0.2) is 35.5 Å². The van der Waals surface area contributed by atoms with Gasteiger partial charge in [-0.3, -0.25) is 0 Å². The second kappa shape index (κ2) is 4.06. The van der Waals surface area contributed by atoms with Crippen LogP contribution in [0, 0.1) is 0 Å². The number of aliphatic hydroxyl groups excluding tert-OH is 2. The van der Waals surface area contributed by atoms with Crippen LogP contribution in [0.25, 0.3) is 0 Å². The van der Waals surface area contributed by atoms with Crippen molar-refractivity contribution in [3.63, 3.8) is 0 Å². The predicted molar refractivity (Wildman–Crippen MR) is 36.7 cm³/mol. The molecule has 56 valence electrons. The summed E-state index contributed by atoms with van der Waals surface area (Å²) in [6.45, 7) is 1.35. The summed E-state index contributed by atoms with van der Waals surface area (Å²) in [5.41, 5.74) is 0. The number of aliphatic hydroxyl groups is 2. The van der Waals surface area contributed by atoms with Crippen molar-refractivity contribution < 1.29 is 10.2 Å². The Hall–Kier alpha value is 0.170. The Bertz CT molecular complexity index is 71.4. The van der Waals surface area contributed by atoms with E-state index in [1.807, 2.05) is 0 Å². The van der Waals surface area contributed by atoms with E-state index < -0.39 is 12.2 Å². The van der Waals surface area contributed by atoms with Crippen molar-refractivity contribution in [2.75, 3.05) is 13.1 Å². The lowest BCUT2D eigenvalue weighted by molar-refractivity contribution is 0.000433. The first-order valence-electron chi connectivity index (χ1n) is 2.87. The van der Waals surface area contributed by atoms with Crippen LogP contribution in [0.5, 0.6) is 0 Å². The molecule has 3 N–H and O–H groups in total. The summed E-state index contributed by atoms with van der Waals surface area (Å²) >= 11 is 0. The first-order chi connectivity index (χ1) is 3.80. The number of hydrogen-bond acceptors (Lipinski definition) is 3. The molecule has 1 aliphatic rings. The number of piperidine rings is 1. The lowest BCUT2D eigenvalue weighted by atomic mass is 10.1. The molecular weight excluding hydrogens is 142 g/mol. The molecule has 2 unspecified atom stereocenters. The van der Waals surface area contributed by atoms with Crippen LogP contribution in [0.4, 0.5) is 0 Å². The minimum atomic E-state index is -0.552. The average Bonchev–Trinajstić information content (AvgIpc) is 1.77. The fourth-order valence-corrected chi connectivity index (χ4v) is 0.828. The maximum Gasteiger partial charge on any atom is 0.0923 e. The van der Waals surface area contributed by atoms with Gasteiger partial charge in [-0.05, 0) is 13.0 Å². The van der Waals surface area contributed by atoms with Crippen molar-refractivity contribution in [1.29, 1.82) is 0 Å². The van der Waals surface area contributed by atoms with Gasteiger partial charge in [0.25, 0.3) is 0 Å². The molecule has 1 aliphatic heterocycles. The molecule has 4 heteroatoms. The van der Waals surface area contributed by atoms with Crippen molar-refractivity contribution in [1.82, 2.24) is 5.32 Å². The smallest absolute Gasteiger partial charge is 0.0923 e. The van der Waals surface area contributed by atoms with E-state index in [9.17, 15) is 0 Å². The van der Waals surface area contributed by atoms with Crippen molar-refractivity contribution in [2.24, 2.45) is 0 Å². The number of nitrogens with one attached hydrogen (secondary N) is 1. The molecule has 0 bridgehead atoms. The van der Waals surface area contributed by atoms with E-state index in [4.69, 9.17) is 10.2 Å². The van der Waals surface area contributed by atoms with Gasteiger partial charge in [0.05, 0.1) is 12.2 Å². The van der Waals surface area contributed by atoms with Crippen LogP contribution in [-0.2, 0) is 0 Å². The highest BCUT2D eigenvalue weighted by Crippen LogP contribution is 2.01. The molecule has 0 radical (unpaired) electrons. The van der Waals surface area contributed by atoms with E-state index in [1.165, 1.54) is 0 Å². The molecule has 0 aliphatic carbocycles. The minimum Gasteiger partial charge on any atom is -0.390 e. The summed E-state index contributed by atoms with van der Waals surface area (Å²) < 4.78 is 0. The van der Waals surface area contributed by atoms with Crippen LogP contribution in [0.2, 0.25) is 0 Å². The van der Waals surface area contributed by atoms with Gasteiger partial charge in [0, 0.05) is 6.54 Å². The molecule has 1 heterocycles. The summed E-state index contributed by atoms with van der Waals surface area (Å²) in [4.78, 5) is 0. The minimum absolute atomic E-state index is 0. The lowest BCUT2D eigenvalue weighted by Crippen LogP contribution is -2.43. The molecule has 0 aromatic rings. The summed E-state index contributed by atoms with van der Waals surface area (Å²) in [7, 11) is 0. The van der Waals surface area contributed by atoms with E-state index >= 15 is 0 Å². The first kappa shape index (κ1) is 9.17. The van der Waals surface area contributed by atoms with E-state index in [2.05, 4.69) is 5.32 Å². The normalized spacial score (nSPS) is 35.3. The molecule has 1 fully saturated rings. The standard InChI is InChI=1S/C5H11NO2.ClH/c7-4-1-2-6-3-5(4)8;/h4-8H,1-3H2;1H. The van der Waals surface area contributed by atoms with Crippen LogP contribution in [0.1, 0.15) is 6.42 Å². The highest BCUT2D eigenvalue weighted by molar-refractivity contribution is 5.85.